The van der Waals surface area contributed by atoms with Crippen molar-refractivity contribution in [1.29, 1.82) is 0 Å². The topological polar surface area (TPSA) is 172 Å². The number of hydrogen-bond acceptors (Lipinski definition) is 11. The number of nitrogens with one attached hydrogen (secondary N) is 1. The first-order valence-corrected chi connectivity index (χ1v) is 13.8. The molecule has 0 saturated carbocycles. The van der Waals surface area contributed by atoms with Crippen LogP contribution in [0.1, 0.15) is 74.6 Å². The average Bonchev–Trinajstić information content (AvgIpc) is 3.34. The molecule has 226 valence electrons. The molecule has 0 bridgehead atoms. The minimum atomic E-state index is -2.54. The number of nitrogens with zero attached hydrogens (tertiary/aromatic N) is 2. The lowest BCUT2D eigenvalue weighted by Gasteiger charge is -2.49. The van der Waals surface area contributed by atoms with Crippen LogP contribution in [0.15, 0.2) is 21.9 Å². The van der Waals surface area contributed by atoms with Gasteiger partial charge in [-0.15, -0.1) is 0 Å². The Kier molecular flexibility index (Phi) is 7.86. The molecule has 13 heteroatoms. The second-order valence-electron chi connectivity index (χ2n) is 11.1. The van der Waals surface area contributed by atoms with Crippen molar-refractivity contribution in [2.24, 2.45) is 11.8 Å². The first-order valence-electron chi connectivity index (χ1n) is 13.8. The normalized spacial score (nSPS) is 24.7. The number of allylic oxidation sites excluding steroid dienone is 1. The summed E-state index contributed by atoms with van der Waals surface area (Å²) < 4.78 is 31.2. The number of halogens is 1. The van der Waals surface area contributed by atoms with Gasteiger partial charge < -0.3 is 34.6 Å². The zero-order chi connectivity index (χ0) is 30.5. The second kappa shape index (κ2) is 11.1. The number of phenols is 1. The Balaban J connectivity index is 1.61. The molecular formula is C29H34FN3O9. The standard InChI is InChI=1S/C29H34FN3O9/c1-5-6-8-41-28-20-24(42-32-28)21(33(2)3)15-11-13-10-14-12-16(30)19(27(38)31-7-9-40-4)23(35)17(14)22(34)18(13)25(36)29(15,39)26(20)37/h12-13,15,21,35-36,39H,5-11H2,1-4H3,(H,31,38)/t13-,15-,21-,29-/m0/s1. The van der Waals surface area contributed by atoms with E-state index in [0.29, 0.717) is 6.42 Å². The van der Waals surface area contributed by atoms with Crippen LogP contribution in [0.5, 0.6) is 11.6 Å². The molecule has 0 radical (unpaired) electrons. The number of unbranched alkanes of at least 4 members (excludes halogenated alkanes) is 1. The number of aliphatic hydroxyl groups is 2. The Hall–Kier alpha value is -3.81. The first-order chi connectivity index (χ1) is 20.0. The fourth-order valence-electron chi connectivity index (χ4n) is 6.43. The molecule has 0 aliphatic heterocycles. The maximum atomic E-state index is 15.1. The quantitative estimate of drug-likeness (QED) is 0.318. The van der Waals surface area contributed by atoms with Gasteiger partial charge in [-0.25, -0.2) is 4.39 Å². The number of aromatic nitrogens is 1. The highest BCUT2D eigenvalue weighted by Gasteiger charge is 2.64. The number of carbonyl (C=O) groups is 3. The van der Waals surface area contributed by atoms with Gasteiger partial charge >= 0.3 is 0 Å². The van der Waals surface area contributed by atoms with Gasteiger partial charge in [0.2, 0.25) is 5.78 Å². The third kappa shape index (κ3) is 4.38. The highest BCUT2D eigenvalue weighted by atomic mass is 19.1. The molecule has 4 N–H and O–H groups in total. The van der Waals surface area contributed by atoms with E-state index in [1.807, 2.05) is 6.92 Å². The van der Waals surface area contributed by atoms with Crippen molar-refractivity contribution in [1.82, 2.24) is 15.4 Å². The molecule has 42 heavy (non-hydrogen) atoms. The van der Waals surface area contributed by atoms with Gasteiger partial charge in [-0.2, -0.15) is 0 Å². The number of hydrogen-bond donors (Lipinski definition) is 4. The maximum absolute atomic E-state index is 15.1. The van der Waals surface area contributed by atoms with Gasteiger partial charge in [0.15, 0.2) is 17.1 Å². The van der Waals surface area contributed by atoms with Crippen LogP contribution in [0.25, 0.3) is 0 Å². The highest BCUT2D eigenvalue weighted by Crippen LogP contribution is 2.56. The van der Waals surface area contributed by atoms with Gasteiger partial charge in [-0.05, 0) is 56.1 Å². The summed E-state index contributed by atoms with van der Waals surface area (Å²) in [5.74, 6) is -7.14. The Labute approximate surface area is 241 Å². The van der Waals surface area contributed by atoms with E-state index in [2.05, 4.69) is 10.5 Å². The summed E-state index contributed by atoms with van der Waals surface area (Å²) in [5, 5.41) is 40.9. The summed E-state index contributed by atoms with van der Waals surface area (Å²) in [7, 11) is 4.85. The van der Waals surface area contributed by atoms with Crippen LogP contribution in [0.3, 0.4) is 0 Å². The molecule has 3 aliphatic carbocycles. The SMILES string of the molecule is CCCCOc1noc2c1C(=O)[C@@]1(O)C(O)=C3C(=O)c4c(cc(F)c(C(=O)NCCOC)c4O)C[C@H]3C[C@H]1[C@@H]2N(C)C. The van der Waals surface area contributed by atoms with Crippen molar-refractivity contribution in [3.8, 4) is 11.6 Å². The molecule has 0 unspecified atom stereocenters. The maximum Gasteiger partial charge on any atom is 0.265 e. The summed E-state index contributed by atoms with van der Waals surface area (Å²) in [4.78, 5) is 42.2. The van der Waals surface area contributed by atoms with E-state index >= 15 is 4.39 Å². The predicted octanol–water partition coefficient (Wildman–Crippen LogP) is 2.49. The van der Waals surface area contributed by atoms with Gasteiger partial charge in [0.05, 0.1) is 24.8 Å². The summed E-state index contributed by atoms with van der Waals surface area (Å²) in [6.07, 6.45) is 1.56. The zero-order valence-corrected chi connectivity index (χ0v) is 23.8. The molecule has 3 aliphatic rings. The number of aliphatic hydroxyl groups excluding tert-OH is 1. The van der Waals surface area contributed by atoms with Gasteiger partial charge in [0.25, 0.3) is 11.8 Å². The van der Waals surface area contributed by atoms with Crippen LogP contribution in [0, 0.1) is 17.7 Å². The van der Waals surface area contributed by atoms with Crippen LogP contribution in [-0.4, -0.2) is 89.4 Å². The van der Waals surface area contributed by atoms with Crippen molar-refractivity contribution < 1.29 is 48.1 Å². The van der Waals surface area contributed by atoms with Crippen molar-refractivity contribution in [2.45, 2.75) is 44.2 Å². The van der Waals surface area contributed by atoms with E-state index in [1.165, 1.54) is 7.11 Å². The summed E-state index contributed by atoms with van der Waals surface area (Å²) in [6.45, 7) is 2.39. The molecule has 0 saturated heterocycles. The molecule has 1 heterocycles. The Morgan fingerprint density at radius 1 is 1.26 bits per heavy atom. The molecule has 5 rings (SSSR count). The second-order valence-corrected chi connectivity index (χ2v) is 11.1. The van der Waals surface area contributed by atoms with Crippen molar-refractivity contribution >= 4 is 17.5 Å². The fraction of sp³-hybridized carbons (Fsp3) is 0.517. The smallest absolute Gasteiger partial charge is 0.265 e. The molecule has 0 spiro atoms. The van der Waals surface area contributed by atoms with E-state index in [9.17, 15) is 29.7 Å². The minimum Gasteiger partial charge on any atom is -0.508 e. The van der Waals surface area contributed by atoms with Crippen LogP contribution in [-0.2, 0) is 11.2 Å². The van der Waals surface area contributed by atoms with E-state index in [-0.39, 0.29) is 66.5 Å². The van der Waals surface area contributed by atoms with Crippen LogP contribution in [0.4, 0.5) is 4.39 Å². The van der Waals surface area contributed by atoms with E-state index in [1.54, 1.807) is 19.0 Å². The van der Waals surface area contributed by atoms with Gasteiger partial charge in [0.1, 0.15) is 28.5 Å². The highest BCUT2D eigenvalue weighted by molar-refractivity contribution is 6.17. The number of methoxy groups -OCH3 is 1. The van der Waals surface area contributed by atoms with Crippen molar-refractivity contribution in [3.63, 3.8) is 0 Å². The largest absolute Gasteiger partial charge is 0.508 e. The number of phenolic OH excluding ortho intramolecular Hbond substituents is 1. The third-order valence-corrected chi connectivity index (χ3v) is 8.39. The number of Topliss-reactive ketones (excluding diaryl/α,β-unsaturated/α-hetero) is 2. The van der Waals surface area contributed by atoms with Crippen molar-refractivity contribution in [3.05, 3.63) is 51.2 Å². The van der Waals surface area contributed by atoms with E-state index in [0.717, 1.165) is 12.5 Å². The number of rotatable bonds is 9. The monoisotopic (exact) mass is 587 g/mol. The lowest BCUT2D eigenvalue weighted by Crippen LogP contribution is -2.59. The molecule has 2 aromatic rings. The van der Waals surface area contributed by atoms with Crippen LogP contribution >= 0.6 is 0 Å². The summed E-state index contributed by atoms with van der Waals surface area (Å²) in [5.41, 5.74) is -3.87. The number of benzene rings is 1. The van der Waals surface area contributed by atoms with Gasteiger partial charge in [-0.1, -0.05) is 13.3 Å². The third-order valence-electron chi connectivity index (χ3n) is 8.39. The molecular weight excluding hydrogens is 553 g/mol. The molecule has 12 nitrogen and oxygen atoms in total. The zero-order valence-electron chi connectivity index (χ0n) is 23.8. The summed E-state index contributed by atoms with van der Waals surface area (Å²) >= 11 is 0. The molecule has 1 aromatic carbocycles. The Morgan fingerprint density at radius 3 is 2.67 bits per heavy atom. The summed E-state index contributed by atoms with van der Waals surface area (Å²) in [6, 6.07) is 0.291. The molecule has 0 fully saturated rings. The van der Waals surface area contributed by atoms with E-state index < -0.39 is 63.8 Å². The number of ether oxygens (including phenoxy) is 2. The number of ketones is 2. The van der Waals surface area contributed by atoms with Gasteiger partial charge in [-0.3, -0.25) is 19.3 Å². The Bertz CT molecular complexity index is 1480. The number of amides is 1. The lowest BCUT2D eigenvalue weighted by molar-refractivity contribution is -0.0559. The molecule has 4 atom stereocenters. The Morgan fingerprint density at radius 2 is 2.00 bits per heavy atom. The number of aromatic hydroxyl groups is 1. The average molecular weight is 588 g/mol. The van der Waals surface area contributed by atoms with Crippen LogP contribution in [0.2, 0.25) is 0 Å². The predicted molar refractivity (Wildman–Crippen MR) is 144 cm³/mol. The fourth-order valence-corrected chi connectivity index (χ4v) is 6.43. The van der Waals surface area contributed by atoms with Crippen LogP contribution < -0.4 is 10.1 Å². The first kappa shape index (κ1) is 29.7. The van der Waals surface area contributed by atoms with Gasteiger partial charge in [0, 0.05) is 25.1 Å². The number of carbonyl (C=O) groups excluding carboxylic acids is 3. The minimum absolute atomic E-state index is 0.00603. The lowest BCUT2D eigenvalue weighted by atomic mass is 9.58. The molecule has 1 amide bonds. The molecule has 1 aromatic heterocycles. The van der Waals surface area contributed by atoms with Crippen molar-refractivity contribution in [2.75, 3.05) is 41.0 Å². The number of fused-ring (bicyclic) bond motifs is 4. The van der Waals surface area contributed by atoms with E-state index in [4.69, 9.17) is 14.0 Å².